The zero-order valence-corrected chi connectivity index (χ0v) is 11.1. The lowest BCUT2D eigenvalue weighted by atomic mass is 9.88. The van der Waals surface area contributed by atoms with E-state index < -0.39 is 0 Å². The van der Waals surface area contributed by atoms with E-state index in [1.807, 2.05) is 13.8 Å². The highest BCUT2D eigenvalue weighted by Crippen LogP contribution is 2.27. The summed E-state index contributed by atoms with van der Waals surface area (Å²) < 4.78 is 10.6. The van der Waals surface area contributed by atoms with E-state index in [0.29, 0.717) is 29.5 Å². The van der Waals surface area contributed by atoms with Crippen LogP contribution in [0.1, 0.15) is 17.7 Å². The van der Waals surface area contributed by atoms with Gasteiger partial charge in [0.25, 0.3) is 5.91 Å². The van der Waals surface area contributed by atoms with Crippen molar-refractivity contribution < 1.29 is 18.7 Å². The van der Waals surface area contributed by atoms with Crippen molar-refractivity contribution in [3.05, 3.63) is 22.0 Å². The monoisotopic (exact) mass is 261 g/mol. The number of amides is 1. The summed E-state index contributed by atoms with van der Waals surface area (Å²) in [4.78, 5) is 23.8. The standard InChI is InChI=1S/C14H15NO4/c1-6-7(2)19-12-10(6)9(14(17)18-3)4-8-5-15-13(16)11(8)12/h8H,4-5H2,1-3H3,(H,15,16). The molecule has 5 nitrogen and oxygen atoms in total. The first-order valence-electron chi connectivity index (χ1n) is 6.24. The van der Waals surface area contributed by atoms with Crippen molar-refractivity contribution in [1.82, 2.24) is 5.32 Å². The molecule has 1 atom stereocenters. The maximum absolute atomic E-state index is 11.9. The average Bonchev–Trinajstić information content (AvgIpc) is 2.90. The molecule has 0 spiro atoms. The molecule has 1 unspecified atom stereocenters. The SMILES string of the molecule is COC(=O)C1=c2c(C)c(C)oc2=C2C(=O)NCC2C1. The number of methoxy groups -OCH3 is 1. The summed E-state index contributed by atoms with van der Waals surface area (Å²) in [5.74, 6) is 0.297. The van der Waals surface area contributed by atoms with E-state index in [1.165, 1.54) is 7.11 Å². The number of fused-ring (bicyclic) bond motifs is 2. The molecule has 100 valence electrons. The number of rotatable bonds is 1. The molecule has 5 heteroatoms. The second-order valence-electron chi connectivity index (χ2n) is 4.98. The topological polar surface area (TPSA) is 68.5 Å². The first-order valence-corrected chi connectivity index (χ1v) is 6.24. The molecular weight excluding hydrogens is 246 g/mol. The summed E-state index contributed by atoms with van der Waals surface area (Å²) in [6.45, 7) is 4.28. The van der Waals surface area contributed by atoms with Crippen LogP contribution in [0.4, 0.5) is 0 Å². The van der Waals surface area contributed by atoms with E-state index in [0.717, 1.165) is 16.5 Å². The molecule has 1 aliphatic carbocycles. The molecule has 2 heterocycles. The molecule has 2 aliphatic rings. The Morgan fingerprint density at radius 2 is 2.16 bits per heavy atom. The zero-order chi connectivity index (χ0) is 13.7. The van der Waals surface area contributed by atoms with Gasteiger partial charge in [-0.15, -0.1) is 0 Å². The molecule has 1 fully saturated rings. The second-order valence-corrected chi connectivity index (χ2v) is 4.98. The van der Waals surface area contributed by atoms with Crippen molar-refractivity contribution in [2.45, 2.75) is 20.3 Å². The Balaban J connectivity index is 2.45. The van der Waals surface area contributed by atoms with Crippen molar-refractivity contribution in [1.29, 1.82) is 0 Å². The van der Waals surface area contributed by atoms with Gasteiger partial charge in [-0.3, -0.25) is 4.79 Å². The smallest absolute Gasteiger partial charge is 0.334 e. The van der Waals surface area contributed by atoms with Crippen LogP contribution in [0.25, 0.3) is 11.1 Å². The predicted molar refractivity (Wildman–Crippen MR) is 67.4 cm³/mol. The van der Waals surface area contributed by atoms with Crippen molar-refractivity contribution in [2.24, 2.45) is 5.92 Å². The number of carbonyl (C=O) groups is 2. The molecule has 19 heavy (non-hydrogen) atoms. The molecule has 1 aromatic heterocycles. The maximum Gasteiger partial charge on any atom is 0.334 e. The number of esters is 1. The summed E-state index contributed by atoms with van der Waals surface area (Å²) in [5.41, 5.74) is 2.72. The van der Waals surface area contributed by atoms with Crippen LogP contribution >= 0.6 is 0 Å². The van der Waals surface area contributed by atoms with Crippen LogP contribution in [-0.2, 0) is 14.3 Å². The highest BCUT2D eigenvalue weighted by Gasteiger charge is 2.36. The number of hydrogen-bond acceptors (Lipinski definition) is 4. The van der Waals surface area contributed by atoms with Gasteiger partial charge in [-0.2, -0.15) is 0 Å². The van der Waals surface area contributed by atoms with Crippen LogP contribution in [0.3, 0.4) is 0 Å². The molecular formula is C14H15NO4. The molecule has 1 aliphatic heterocycles. The van der Waals surface area contributed by atoms with Gasteiger partial charge in [-0.1, -0.05) is 0 Å². The number of carbonyl (C=O) groups excluding carboxylic acids is 2. The molecule has 1 N–H and O–H groups in total. The van der Waals surface area contributed by atoms with Gasteiger partial charge in [-0.25, -0.2) is 4.79 Å². The lowest BCUT2D eigenvalue weighted by molar-refractivity contribution is -0.134. The number of furan rings is 1. The molecule has 3 rings (SSSR count). The third-order valence-electron chi connectivity index (χ3n) is 3.98. The Morgan fingerprint density at radius 3 is 2.84 bits per heavy atom. The lowest BCUT2D eigenvalue weighted by Crippen LogP contribution is -2.37. The summed E-state index contributed by atoms with van der Waals surface area (Å²) >= 11 is 0. The van der Waals surface area contributed by atoms with E-state index in [9.17, 15) is 9.59 Å². The molecule has 0 aromatic carbocycles. The van der Waals surface area contributed by atoms with Crippen molar-refractivity contribution in [3.8, 4) is 0 Å². The first-order chi connectivity index (χ1) is 9.04. The van der Waals surface area contributed by atoms with Crippen LogP contribution in [0.2, 0.25) is 0 Å². The van der Waals surface area contributed by atoms with E-state index in [1.54, 1.807) is 0 Å². The first kappa shape index (κ1) is 12.0. The maximum atomic E-state index is 11.9. The summed E-state index contributed by atoms with van der Waals surface area (Å²) in [6, 6.07) is 0. The average molecular weight is 261 g/mol. The second kappa shape index (κ2) is 3.98. The minimum Gasteiger partial charge on any atom is -0.466 e. The van der Waals surface area contributed by atoms with Gasteiger partial charge < -0.3 is 14.5 Å². The number of aryl methyl sites for hydroxylation is 1. The van der Waals surface area contributed by atoms with Gasteiger partial charge in [0, 0.05) is 23.3 Å². The highest BCUT2D eigenvalue weighted by molar-refractivity contribution is 6.19. The van der Waals surface area contributed by atoms with Gasteiger partial charge in [0.1, 0.15) is 11.2 Å². The minimum absolute atomic E-state index is 0.000880. The molecule has 0 radical (unpaired) electrons. The predicted octanol–water partition coefficient (Wildman–Crippen LogP) is -0.479. The van der Waals surface area contributed by atoms with Gasteiger partial charge >= 0.3 is 5.97 Å². The van der Waals surface area contributed by atoms with Gasteiger partial charge in [0.05, 0.1) is 12.7 Å². The van der Waals surface area contributed by atoms with Crippen LogP contribution in [0.5, 0.6) is 0 Å². The Kier molecular flexibility index (Phi) is 2.52. The van der Waals surface area contributed by atoms with Crippen molar-refractivity contribution in [2.75, 3.05) is 13.7 Å². The third kappa shape index (κ3) is 1.54. The Labute approximate surface area is 109 Å². The summed E-state index contributed by atoms with van der Waals surface area (Å²) in [6.07, 6.45) is 0.521. The fourth-order valence-electron chi connectivity index (χ4n) is 2.90. The molecule has 1 saturated heterocycles. The van der Waals surface area contributed by atoms with E-state index in [4.69, 9.17) is 9.15 Å². The molecule has 0 saturated carbocycles. The normalized spacial score (nSPS) is 21.0. The molecule has 0 bridgehead atoms. The quantitative estimate of drug-likeness (QED) is 0.693. The lowest BCUT2D eigenvalue weighted by Gasteiger charge is -2.14. The summed E-state index contributed by atoms with van der Waals surface area (Å²) in [5, 5.41) is 3.55. The fraction of sp³-hybridized carbons (Fsp3) is 0.429. The molecule has 1 aromatic rings. The number of ether oxygens (including phenoxy) is 1. The summed E-state index contributed by atoms with van der Waals surface area (Å²) in [7, 11) is 1.37. The number of hydrogen-bond donors (Lipinski definition) is 1. The highest BCUT2D eigenvalue weighted by atomic mass is 16.5. The third-order valence-corrected chi connectivity index (χ3v) is 3.98. The number of nitrogens with one attached hydrogen (secondary N) is 1. The van der Waals surface area contributed by atoms with Gasteiger partial charge in [0.2, 0.25) is 0 Å². The Morgan fingerprint density at radius 1 is 1.42 bits per heavy atom. The van der Waals surface area contributed by atoms with Gasteiger partial charge in [0.15, 0.2) is 0 Å². The van der Waals surface area contributed by atoms with E-state index >= 15 is 0 Å². The van der Waals surface area contributed by atoms with Gasteiger partial charge in [-0.05, 0) is 25.8 Å². The largest absolute Gasteiger partial charge is 0.466 e. The fourth-order valence-corrected chi connectivity index (χ4v) is 2.90. The molecule has 1 amide bonds. The van der Waals surface area contributed by atoms with E-state index in [-0.39, 0.29) is 17.8 Å². The van der Waals surface area contributed by atoms with Crippen LogP contribution in [0, 0.1) is 19.8 Å². The van der Waals surface area contributed by atoms with Crippen molar-refractivity contribution in [3.63, 3.8) is 0 Å². The zero-order valence-electron chi connectivity index (χ0n) is 11.1. The van der Waals surface area contributed by atoms with Crippen LogP contribution in [0.15, 0.2) is 4.42 Å². The van der Waals surface area contributed by atoms with Crippen molar-refractivity contribution >= 4 is 23.0 Å². The van der Waals surface area contributed by atoms with E-state index in [2.05, 4.69) is 5.32 Å². The Hall–Kier alpha value is -2.04. The minimum atomic E-state index is -0.344. The van der Waals surface area contributed by atoms with Crippen LogP contribution < -0.4 is 16.0 Å². The van der Waals surface area contributed by atoms with Crippen LogP contribution in [-0.4, -0.2) is 25.5 Å². The Bertz CT molecular complexity index is 711.